The minimum absolute atomic E-state index is 0.664. The van der Waals surface area contributed by atoms with Crippen LogP contribution >= 0.6 is 0 Å². The lowest BCUT2D eigenvalue weighted by Crippen LogP contribution is -2.06. The molecule has 0 heterocycles. The SMILES string of the molecule is COc1ccc(NOc2ccc(ONc3ccc(OC)cc3)cc2)cc1. The zero-order chi connectivity index (χ0) is 18.2. The monoisotopic (exact) mass is 352 g/mol. The first-order valence-electron chi connectivity index (χ1n) is 8.01. The molecule has 0 aliphatic rings. The van der Waals surface area contributed by atoms with E-state index in [1.807, 2.05) is 72.8 Å². The minimum atomic E-state index is 0.664. The highest BCUT2D eigenvalue weighted by atomic mass is 16.7. The molecule has 3 aromatic carbocycles. The molecule has 0 spiro atoms. The summed E-state index contributed by atoms with van der Waals surface area (Å²) >= 11 is 0. The van der Waals surface area contributed by atoms with Crippen molar-refractivity contribution < 1.29 is 19.1 Å². The maximum Gasteiger partial charge on any atom is 0.155 e. The van der Waals surface area contributed by atoms with Crippen molar-refractivity contribution in [3.63, 3.8) is 0 Å². The van der Waals surface area contributed by atoms with Crippen LogP contribution < -0.4 is 30.1 Å². The van der Waals surface area contributed by atoms with Gasteiger partial charge in [-0.05, 0) is 72.8 Å². The van der Waals surface area contributed by atoms with Gasteiger partial charge in [0.1, 0.15) is 11.5 Å². The van der Waals surface area contributed by atoms with E-state index in [4.69, 9.17) is 19.1 Å². The summed E-state index contributed by atoms with van der Waals surface area (Å²) in [5.74, 6) is 2.91. The van der Waals surface area contributed by atoms with Gasteiger partial charge in [-0.15, -0.1) is 0 Å². The number of anilines is 2. The second kappa shape index (κ2) is 8.53. The highest BCUT2D eigenvalue weighted by Crippen LogP contribution is 2.21. The molecule has 0 atom stereocenters. The van der Waals surface area contributed by atoms with E-state index >= 15 is 0 Å². The van der Waals surface area contributed by atoms with Gasteiger partial charge in [0.05, 0.1) is 25.6 Å². The van der Waals surface area contributed by atoms with Crippen molar-refractivity contribution in [1.82, 2.24) is 0 Å². The van der Waals surface area contributed by atoms with Gasteiger partial charge in [-0.3, -0.25) is 0 Å². The zero-order valence-electron chi connectivity index (χ0n) is 14.6. The first-order valence-corrected chi connectivity index (χ1v) is 8.01. The van der Waals surface area contributed by atoms with E-state index < -0.39 is 0 Å². The first-order chi connectivity index (χ1) is 12.8. The summed E-state index contributed by atoms with van der Waals surface area (Å²) in [4.78, 5) is 11.1. The molecule has 134 valence electrons. The van der Waals surface area contributed by atoms with Gasteiger partial charge in [0.25, 0.3) is 0 Å². The van der Waals surface area contributed by atoms with E-state index in [1.165, 1.54) is 0 Å². The molecule has 0 aliphatic heterocycles. The van der Waals surface area contributed by atoms with Gasteiger partial charge in [0.2, 0.25) is 0 Å². The van der Waals surface area contributed by atoms with E-state index in [1.54, 1.807) is 14.2 Å². The first kappa shape index (κ1) is 17.3. The highest BCUT2D eigenvalue weighted by molar-refractivity contribution is 5.46. The van der Waals surface area contributed by atoms with Crippen LogP contribution in [0.15, 0.2) is 72.8 Å². The topological polar surface area (TPSA) is 61.0 Å². The van der Waals surface area contributed by atoms with Crippen LogP contribution in [0.1, 0.15) is 0 Å². The van der Waals surface area contributed by atoms with Crippen molar-refractivity contribution >= 4 is 11.4 Å². The number of hydrogen-bond donors (Lipinski definition) is 2. The van der Waals surface area contributed by atoms with E-state index in [9.17, 15) is 0 Å². The molecule has 0 aliphatic carbocycles. The highest BCUT2D eigenvalue weighted by Gasteiger charge is 2.00. The Morgan fingerprint density at radius 1 is 0.462 bits per heavy atom. The number of methoxy groups -OCH3 is 2. The third kappa shape index (κ3) is 4.73. The molecule has 0 unspecified atom stereocenters. The molecule has 6 nitrogen and oxygen atoms in total. The Morgan fingerprint density at radius 3 is 1.08 bits per heavy atom. The molecule has 0 saturated heterocycles. The maximum atomic E-state index is 5.53. The Balaban J connectivity index is 1.49. The fraction of sp³-hybridized carbons (Fsp3) is 0.100. The van der Waals surface area contributed by atoms with Crippen molar-refractivity contribution in [2.75, 3.05) is 25.2 Å². The van der Waals surface area contributed by atoms with Crippen molar-refractivity contribution in [2.24, 2.45) is 0 Å². The third-order valence-electron chi connectivity index (χ3n) is 3.58. The van der Waals surface area contributed by atoms with Crippen molar-refractivity contribution in [2.45, 2.75) is 0 Å². The molecule has 0 amide bonds. The lowest BCUT2D eigenvalue weighted by atomic mass is 10.3. The molecule has 0 aromatic heterocycles. The van der Waals surface area contributed by atoms with E-state index in [0.717, 1.165) is 22.9 Å². The second-order valence-corrected chi connectivity index (χ2v) is 5.34. The van der Waals surface area contributed by atoms with Gasteiger partial charge < -0.3 is 19.1 Å². The summed E-state index contributed by atoms with van der Waals surface area (Å²) in [7, 11) is 3.26. The molecule has 26 heavy (non-hydrogen) atoms. The Labute approximate surface area is 152 Å². The molecular weight excluding hydrogens is 332 g/mol. The standard InChI is InChI=1S/C20H20N2O4/c1-23-17-7-3-15(4-8-17)21-25-19-11-13-20(14-12-19)26-22-16-5-9-18(24-2)10-6-16/h3-14,21-22H,1-2H3. The van der Waals surface area contributed by atoms with Gasteiger partial charge >= 0.3 is 0 Å². The molecule has 0 radical (unpaired) electrons. The largest absolute Gasteiger partial charge is 0.497 e. The summed E-state index contributed by atoms with van der Waals surface area (Å²) in [5, 5.41) is 0. The van der Waals surface area contributed by atoms with Crippen molar-refractivity contribution in [3.8, 4) is 23.0 Å². The Hall–Kier alpha value is -3.54. The average molecular weight is 352 g/mol. The molecule has 0 bridgehead atoms. The predicted octanol–water partition coefficient (Wildman–Crippen LogP) is 4.52. The number of ether oxygens (including phenoxy) is 2. The molecule has 3 rings (SSSR count). The number of nitrogens with one attached hydrogen (secondary N) is 2. The fourth-order valence-electron chi connectivity index (χ4n) is 2.13. The Bertz CT molecular complexity index is 732. The molecule has 0 fully saturated rings. The van der Waals surface area contributed by atoms with Gasteiger partial charge in [0.15, 0.2) is 11.5 Å². The van der Waals surface area contributed by atoms with Crippen LogP contribution in [-0.4, -0.2) is 14.2 Å². The summed E-state index contributed by atoms with van der Waals surface area (Å²) in [6, 6.07) is 22.1. The second-order valence-electron chi connectivity index (χ2n) is 5.34. The van der Waals surface area contributed by atoms with E-state index in [2.05, 4.69) is 11.0 Å². The van der Waals surface area contributed by atoms with Crippen LogP contribution in [0.3, 0.4) is 0 Å². The average Bonchev–Trinajstić information content (AvgIpc) is 2.72. The van der Waals surface area contributed by atoms with E-state index in [0.29, 0.717) is 11.5 Å². The van der Waals surface area contributed by atoms with E-state index in [-0.39, 0.29) is 0 Å². The molecule has 6 heteroatoms. The van der Waals surface area contributed by atoms with Crippen LogP contribution in [0, 0.1) is 0 Å². The minimum Gasteiger partial charge on any atom is -0.497 e. The quantitative estimate of drug-likeness (QED) is 0.582. The van der Waals surface area contributed by atoms with Crippen LogP contribution in [-0.2, 0) is 0 Å². The predicted molar refractivity (Wildman–Crippen MR) is 101 cm³/mol. The Morgan fingerprint density at radius 2 is 0.769 bits per heavy atom. The Kier molecular flexibility index (Phi) is 5.67. The summed E-state index contributed by atoms with van der Waals surface area (Å²) in [6.07, 6.45) is 0. The normalized spacial score (nSPS) is 9.92. The van der Waals surface area contributed by atoms with Crippen LogP contribution in [0.2, 0.25) is 0 Å². The maximum absolute atomic E-state index is 5.53. The van der Waals surface area contributed by atoms with Gasteiger partial charge in [-0.2, -0.15) is 0 Å². The third-order valence-corrected chi connectivity index (χ3v) is 3.58. The molecular formula is C20H20N2O4. The summed E-state index contributed by atoms with van der Waals surface area (Å²) < 4.78 is 10.2. The summed E-state index contributed by atoms with van der Waals surface area (Å²) in [6.45, 7) is 0. The summed E-state index contributed by atoms with van der Waals surface area (Å²) in [5.41, 5.74) is 7.41. The van der Waals surface area contributed by atoms with Gasteiger partial charge in [0, 0.05) is 0 Å². The smallest absolute Gasteiger partial charge is 0.155 e. The molecule has 0 saturated carbocycles. The van der Waals surface area contributed by atoms with Crippen LogP contribution in [0.5, 0.6) is 23.0 Å². The van der Waals surface area contributed by atoms with Crippen molar-refractivity contribution in [3.05, 3.63) is 72.8 Å². The van der Waals surface area contributed by atoms with Crippen LogP contribution in [0.25, 0.3) is 0 Å². The number of benzene rings is 3. The molecule has 3 aromatic rings. The van der Waals surface area contributed by atoms with Gasteiger partial charge in [-0.25, -0.2) is 11.0 Å². The lowest BCUT2D eigenvalue weighted by molar-refractivity contribution is 0.393. The number of rotatable bonds is 8. The fourth-order valence-corrected chi connectivity index (χ4v) is 2.13. The molecule has 2 N–H and O–H groups in total. The number of hydrogen-bond acceptors (Lipinski definition) is 6. The lowest BCUT2D eigenvalue weighted by Gasteiger charge is -2.11. The van der Waals surface area contributed by atoms with Crippen molar-refractivity contribution in [1.29, 1.82) is 0 Å². The van der Waals surface area contributed by atoms with Crippen LogP contribution in [0.4, 0.5) is 11.4 Å². The zero-order valence-corrected chi connectivity index (χ0v) is 14.6. The van der Waals surface area contributed by atoms with Gasteiger partial charge in [-0.1, -0.05) is 0 Å².